The van der Waals surface area contributed by atoms with E-state index < -0.39 is 23.9 Å². The van der Waals surface area contributed by atoms with Crippen molar-refractivity contribution in [3.05, 3.63) is 0 Å². The van der Waals surface area contributed by atoms with Crippen LogP contribution in [-0.2, 0) is 9.59 Å². The Kier molecular flexibility index (Phi) is 3.40. The van der Waals surface area contributed by atoms with Gasteiger partial charge < -0.3 is 21.1 Å². The minimum atomic E-state index is -1.24. The van der Waals surface area contributed by atoms with E-state index in [1.54, 1.807) is 4.90 Å². The summed E-state index contributed by atoms with van der Waals surface area (Å²) >= 11 is 0. The lowest BCUT2D eigenvalue weighted by Gasteiger charge is -2.28. The van der Waals surface area contributed by atoms with E-state index in [1.165, 1.54) is 0 Å². The van der Waals surface area contributed by atoms with Crippen molar-refractivity contribution >= 4 is 17.9 Å². The Morgan fingerprint density at radius 1 is 1.39 bits per heavy atom. The molecule has 0 aromatic carbocycles. The molecule has 2 bridgehead atoms. The van der Waals surface area contributed by atoms with Gasteiger partial charge in [-0.25, -0.2) is 9.59 Å². The molecule has 7 heteroatoms. The van der Waals surface area contributed by atoms with Gasteiger partial charge in [0.1, 0.15) is 6.04 Å². The molecular formula is C11H17N3O4. The lowest BCUT2D eigenvalue weighted by atomic mass is 10.1. The Hall–Kier alpha value is -1.79. The number of aliphatic carboxylic acids is 1. The number of likely N-dealkylation sites (tertiary alicyclic amines) is 1. The van der Waals surface area contributed by atoms with Gasteiger partial charge >= 0.3 is 12.0 Å². The predicted octanol–water partition coefficient (Wildman–Crippen LogP) is -0.491. The number of rotatable bonds is 4. The highest BCUT2D eigenvalue weighted by molar-refractivity contribution is 5.87. The molecule has 0 radical (unpaired) electrons. The molecule has 0 spiro atoms. The highest BCUT2D eigenvalue weighted by Gasteiger charge is 2.41. The number of nitrogens with two attached hydrogens (primary N) is 1. The van der Waals surface area contributed by atoms with Crippen molar-refractivity contribution in [3.63, 3.8) is 0 Å². The standard InChI is InChI=1S/C11H17N3O4/c12-9(15)4-8(10(16)17)13-11(18)14-5-6-1-2-7(14)3-6/h6-8H,1-5H2,(H2,12,15)(H,13,18)(H,16,17)/t6?,7?,8-/m1/s1. The number of carboxylic acid groups (broad SMARTS) is 1. The van der Waals surface area contributed by atoms with Crippen LogP contribution in [-0.4, -0.2) is 46.5 Å². The first-order valence-corrected chi connectivity index (χ1v) is 6.05. The molecule has 1 aliphatic heterocycles. The molecule has 3 amide bonds. The summed E-state index contributed by atoms with van der Waals surface area (Å²) in [6.07, 6.45) is 2.73. The first kappa shape index (κ1) is 12.7. The van der Waals surface area contributed by atoms with E-state index in [-0.39, 0.29) is 12.5 Å². The van der Waals surface area contributed by atoms with E-state index in [1.807, 2.05) is 0 Å². The Morgan fingerprint density at radius 2 is 2.11 bits per heavy atom. The molecule has 2 unspecified atom stereocenters. The third-order valence-corrected chi connectivity index (χ3v) is 3.67. The molecule has 7 nitrogen and oxygen atoms in total. The summed E-state index contributed by atoms with van der Waals surface area (Å²) in [7, 11) is 0. The maximum absolute atomic E-state index is 11.9. The van der Waals surface area contributed by atoms with Crippen LogP contribution in [0.3, 0.4) is 0 Å². The second kappa shape index (κ2) is 4.83. The predicted molar refractivity (Wildman–Crippen MR) is 61.6 cm³/mol. The van der Waals surface area contributed by atoms with E-state index in [4.69, 9.17) is 10.8 Å². The zero-order valence-electron chi connectivity index (χ0n) is 9.96. The van der Waals surface area contributed by atoms with Crippen molar-refractivity contribution < 1.29 is 19.5 Å². The quantitative estimate of drug-likeness (QED) is 0.629. The van der Waals surface area contributed by atoms with Crippen molar-refractivity contribution in [2.45, 2.75) is 37.8 Å². The van der Waals surface area contributed by atoms with Crippen LogP contribution in [0.15, 0.2) is 0 Å². The van der Waals surface area contributed by atoms with E-state index in [0.29, 0.717) is 12.5 Å². The Bertz CT molecular complexity index is 384. The summed E-state index contributed by atoms with van der Waals surface area (Å²) in [5.74, 6) is -1.45. The van der Waals surface area contributed by atoms with Crippen LogP contribution in [0.25, 0.3) is 0 Å². The monoisotopic (exact) mass is 255 g/mol. The summed E-state index contributed by atoms with van der Waals surface area (Å²) in [4.78, 5) is 35.2. The number of nitrogens with one attached hydrogen (secondary N) is 1. The van der Waals surface area contributed by atoms with Gasteiger partial charge in [0.05, 0.1) is 6.42 Å². The fourth-order valence-corrected chi connectivity index (χ4v) is 2.81. The van der Waals surface area contributed by atoms with Gasteiger partial charge in [-0.15, -0.1) is 0 Å². The molecule has 2 fully saturated rings. The minimum absolute atomic E-state index is 0.220. The second-order valence-electron chi connectivity index (χ2n) is 5.00. The van der Waals surface area contributed by atoms with Crippen LogP contribution < -0.4 is 11.1 Å². The molecule has 1 heterocycles. The van der Waals surface area contributed by atoms with Crippen LogP contribution in [0.4, 0.5) is 4.79 Å². The molecular weight excluding hydrogens is 238 g/mol. The number of nitrogens with zero attached hydrogens (tertiary/aromatic N) is 1. The molecule has 18 heavy (non-hydrogen) atoms. The lowest BCUT2D eigenvalue weighted by Crippen LogP contribution is -2.51. The topological polar surface area (TPSA) is 113 Å². The van der Waals surface area contributed by atoms with Crippen molar-refractivity contribution in [2.24, 2.45) is 11.7 Å². The maximum atomic E-state index is 11.9. The molecule has 4 N–H and O–H groups in total. The van der Waals surface area contributed by atoms with Crippen molar-refractivity contribution in [1.29, 1.82) is 0 Å². The normalized spacial score (nSPS) is 27.0. The minimum Gasteiger partial charge on any atom is -0.480 e. The number of fused-ring (bicyclic) bond motifs is 2. The van der Waals surface area contributed by atoms with Crippen LogP contribution in [0, 0.1) is 5.92 Å². The lowest BCUT2D eigenvalue weighted by molar-refractivity contribution is -0.141. The molecule has 1 aliphatic carbocycles. The molecule has 0 aromatic rings. The van der Waals surface area contributed by atoms with Crippen LogP contribution in [0.1, 0.15) is 25.7 Å². The molecule has 100 valence electrons. The SMILES string of the molecule is NC(=O)C[C@@H](NC(=O)N1CC2CCC1C2)C(=O)O. The van der Waals surface area contributed by atoms with Crippen molar-refractivity contribution in [3.8, 4) is 0 Å². The summed E-state index contributed by atoms with van der Waals surface area (Å²) < 4.78 is 0. The first-order valence-electron chi connectivity index (χ1n) is 6.05. The fraction of sp³-hybridized carbons (Fsp3) is 0.727. The average molecular weight is 255 g/mol. The molecule has 0 aromatic heterocycles. The maximum Gasteiger partial charge on any atom is 0.326 e. The summed E-state index contributed by atoms with van der Waals surface area (Å²) in [6, 6.07) is -1.43. The Balaban J connectivity index is 1.92. The van der Waals surface area contributed by atoms with Gasteiger partial charge in [-0.3, -0.25) is 4.79 Å². The van der Waals surface area contributed by atoms with Crippen LogP contribution >= 0.6 is 0 Å². The Morgan fingerprint density at radius 3 is 2.56 bits per heavy atom. The van der Waals surface area contributed by atoms with Gasteiger partial charge in [-0.05, 0) is 25.2 Å². The number of hydrogen-bond acceptors (Lipinski definition) is 3. The van der Waals surface area contributed by atoms with E-state index in [0.717, 1.165) is 19.3 Å². The second-order valence-corrected chi connectivity index (χ2v) is 5.00. The van der Waals surface area contributed by atoms with Gasteiger partial charge in [0, 0.05) is 12.6 Å². The van der Waals surface area contributed by atoms with Crippen molar-refractivity contribution in [1.82, 2.24) is 10.2 Å². The number of hydrogen-bond donors (Lipinski definition) is 3. The fourth-order valence-electron chi connectivity index (χ4n) is 2.81. The number of amides is 3. The summed E-state index contributed by atoms with van der Waals surface area (Å²) in [5.41, 5.74) is 4.95. The highest BCUT2D eigenvalue weighted by atomic mass is 16.4. The van der Waals surface area contributed by atoms with Crippen LogP contribution in [0.2, 0.25) is 0 Å². The van der Waals surface area contributed by atoms with Gasteiger partial charge in [0.2, 0.25) is 5.91 Å². The van der Waals surface area contributed by atoms with Gasteiger partial charge in [0.15, 0.2) is 0 Å². The van der Waals surface area contributed by atoms with Gasteiger partial charge in [-0.1, -0.05) is 0 Å². The van der Waals surface area contributed by atoms with E-state index >= 15 is 0 Å². The summed E-state index contributed by atoms with van der Waals surface area (Å²) in [5, 5.41) is 11.3. The molecule has 1 saturated carbocycles. The molecule has 2 rings (SSSR count). The summed E-state index contributed by atoms with van der Waals surface area (Å²) in [6.45, 7) is 0.680. The van der Waals surface area contributed by atoms with E-state index in [2.05, 4.69) is 5.32 Å². The van der Waals surface area contributed by atoms with Crippen LogP contribution in [0.5, 0.6) is 0 Å². The molecule has 3 atom stereocenters. The number of urea groups is 1. The Labute approximate surface area is 104 Å². The number of carbonyl (C=O) groups is 3. The molecule has 2 aliphatic rings. The van der Waals surface area contributed by atoms with Gasteiger partial charge in [0.25, 0.3) is 0 Å². The smallest absolute Gasteiger partial charge is 0.326 e. The number of carboxylic acids is 1. The van der Waals surface area contributed by atoms with E-state index in [9.17, 15) is 14.4 Å². The molecule has 1 saturated heterocycles. The average Bonchev–Trinajstić information content (AvgIpc) is 2.88. The number of carbonyl (C=O) groups excluding carboxylic acids is 2. The highest BCUT2D eigenvalue weighted by Crippen LogP contribution is 2.37. The first-order chi connectivity index (χ1) is 8.47. The number of primary amides is 1. The zero-order chi connectivity index (χ0) is 13.3. The van der Waals surface area contributed by atoms with Crippen molar-refractivity contribution in [2.75, 3.05) is 6.54 Å². The third kappa shape index (κ3) is 2.55. The van der Waals surface area contributed by atoms with Gasteiger partial charge in [-0.2, -0.15) is 0 Å². The largest absolute Gasteiger partial charge is 0.480 e. The third-order valence-electron chi connectivity index (χ3n) is 3.67. The zero-order valence-corrected chi connectivity index (χ0v) is 9.96. The number of piperidine rings is 1.